The van der Waals surface area contributed by atoms with Gasteiger partial charge in [0, 0.05) is 24.5 Å². The fourth-order valence-corrected chi connectivity index (χ4v) is 3.07. The second-order valence-corrected chi connectivity index (χ2v) is 5.95. The van der Waals surface area contributed by atoms with Crippen LogP contribution in [-0.4, -0.2) is 47.8 Å². The first kappa shape index (κ1) is 13.5. The zero-order valence-electron chi connectivity index (χ0n) is 11.8. The van der Waals surface area contributed by atoms with Gasteiger partial charge < -0.3 is 15.5 Å². The standard InChI is InChI=1S/C13H19N5OS/c1-3-14-13-15-11(17-18-4-6-19-7-5-18)10-8-9(2)20-12(10)16-13/h8H,3-7H2,1-2H3,(H2,14,15,16,17). The predicted octanol–water partition coefficient (Wildman–Crippen LogP) is 2.09. The summed E-state index contributed by atoms with van der Waals surface area (Å²) in [6, 6.07) is 2.14. The molecule has 1 fully saturated rings. The van der Waals surface area contributed by atoms with Crippen molar-refractivity contribution in [2.45, 2.75) is 13.8 Å². The van der Waals surface area contributed by atoms with Crippen molar-refractivity contribution < 1.29 is 4.74 Å². The average molecular weight is 293 g/mol. The molecule has 0 atom stereocenters. The first-order chi connectivity index (χ1) is 9.76. The van der Waals surface area contributed by atoms with Crippen molar-refractivity contribution in [3.8, 4) is 0 Å². The number of ether oxygens (including phenoxy) is 1. The molecular formula is C13H19N5OS. The molecule has 3 heterocycles. The molecule has 0 radical (unpaired) electrons. The molecule has 108 valence electrons. The highest BCUT2D eigenvalue weighted by atomic mass is 32.1. The summed E-state index contributed by atoms with van der Waals surface area (Å²) in [7, 11) is 0. The van der Waals surface area contributed by atoms with Gasteiger partial charge in [0.05, 0.1) is 18.6 Å². The van der Waals surface area contributed by atoms with E-state index in [4.69, 9.17) is 4.74 Å². The minimum absolute atomic E-state index is 0.678. The lowest BCUT2D eigenvalue weighted by atomic mass is 10.3. The molecule has 2 aromatic heterocycles. The minimum Gasteiger partial charge on any atom is -0.379 e. The molecular weight excluding hydrogens is 274 g/mol. The summed E-state index contributed by atoms with van der Waals surface area (Å²) < 4.78 is 5.37. The molecule has 2 N–H and O–H groups in total. The van der Waals surface area contributed by atoms with Gasteiger partial charge in [-0.15, -0.1) is 11.3 Å². The molecule has 1 saturated heterocycles. The number of thiophene rings is 1. The van der Waals surface area contributed by atoms with Crippen molar-refractivity contribution in [2.24, 2.45) is 0 Å². The molecule has 6 nitrogen and oxygen atoms in total. The van der Waals surface area contributed by atoms with Crippen LogP contribution in [0.5, 0.6) is 0 Å². The lowest BCUT2D eigenvalue weighted by Gasteiger charge is -2.27. The molecule has 1 aliphatic rings. The number of aromatic nitrogens is 2. The van der Waals surface area contributed by atoms with Crippen molar-refractivity contribution in [3.05, 3.63) is 10.9 Å². The van der Waals surface area contributed by atoms with Crippen LogP contribution >= 0.6 is 11.3 Å². The fourth-order valence-electron chi connectivity index (χ4n) is 2.19. The summed E-state index contributed by atoms with van der Waals surface area (Å²) in [4.78, 5) is 11.4. The van der Waals surface area contributed by atoms with E-state index in [-0.39, 0.29) is 0 Å². The Morgan fingerprint density at radius 2 is 2.15 bits per heavy atom. The molecule has 0 bridgehead atoms. The molecule has 3 rings (SSSR count). The van der Waals surface area contributed by atoms with E-state index in [1.807, 2.05) is 6.92 Å². The van der Waals surface area contributed by atoms with Gasteiger partial charge in [-0.25, -0.2) is 9.99 Å². The Bertz CT molecular complexity index is 594. The largest absolute Gasteiger partial charge is 0.379 e. The Hall–Kier alpha value is -1.44. The van der Waals surface area contributed by atoms with Crippen molar-refractivity contribution in [2.75, 3.05) is 43.6 Å². The third-order valence-electron chi connectivity index (χ3n) is 3.13. The first-order valence-electron chi connectivity index (χ1n) is 6.87. The number of rotatable bonds is 4. The lowest BCUT2D eigenvalue weighted by Crippen LogP contribution is -2.40. The Morgan fingerprint density at radius 1 is 1.35 bits per heavy atom. The van der Waals surface area contributed by atoms with Gasteiger partial charge in [-0.3, -0.25) is 0 Å². The number of nitrogens with one attached hydrogen (secondary N) is 2. The Labute approximate surface area is 122 Å². The van der Waals surface area contributed by atoms with Crippen LogP contribution in [0.3, 0.4) is 0 Å². The van der Waals surface area contributed by atoms with Gasteiger partial charge in [0.1, 0.15) is 4.83 Å². The van der Waals surface area contributed by atoms with E-state index in [2.05, 4.69) is 38.7 Å². The number of anilines is 2. The van der Waals surface area contributed by atoms with Gasteiger partial charge in [-0.2, -0.15) is 4.98 Å². The third kappa shape index (κ3) is 2.84. The summed E-state index contributed by atoms with van der Waals surface area (Å²) in [6.07, 6.45) is 0. The first-order valence-corrected chi connectivity index (χ1v) is 7.69. The van der Waals surface area contributed by atoms with Crippen molar-refractivity contribution in [1.29, 1.82) is 0 Å². The van der Waals surface area contributed by atoms with E-state index in [1.54, 1.807) is 11.3 Å². The van der Waals surface area contributed by atoms with Gasteiger partial charge in [0.2, 0.25) is 5.95 Å². The van der Waals surface area contributed by atoms with E-state index in [0.717, 1.165) is 48.9 Å². The molecule has 0 saturated carbocycles. The van der Waals surface area contributed by atoms with Crippen molar-refractivity contribution >= 4 is 33.3 Å². The quantitative estimate of drug-likeness (QED) is 0.900. The van der Waals surface area contributed by atoms with Crippen LogP contribution in [0.25, 0.3) is 10.2 Å². The van der Waals surface area contributed by atoms with Gasteiger partial charge in [0.15, 0.2) is 5.82 Å². The van der Waals surface area contributed by atoms with E-state index < -0.39 is 0 Å². The molecule has 0 amide bonds. The summed E-state index contributed by atoms with van der Waals surface area (Å²) in [5.41, 5.74) is 3.40. The molecule has 0 spiro atoms. The van der Waals surface area contributed by atoms with Crippen LogP contribution in [0.1, 0.15) is 11.8 Å². The molecule has 0 aliphatic carbocycles. The number of hydrazine groups is 1. The highest BCUT2D eigenvalue weighted by Gasteiger charge is 2.15. The van der Waals surface area contributed by atoms with Crippen LogP contribution in [0.2, 0.25) is 0 Å². The molecule has 1 aliphatic heterocycles. The van der Waals surface area contributed by atoms with Gasteiger partial charge in [-0.1, -0.05) is 0 Å². The maximum Gasteiger partial charge on any atom is 0.226 e. The number of aryl methyl sites for hydroxylation is 1. The molecule has 2 aromatic rings. The SMILES string of the molecule is CCNc1nc(NN2CCOCC2)c2cc(C)sc2n1. The zero-order chi connectivity index (χ0) is 13.9. The van der Waals surface area contributed by atoms with Crippen LogP contribution in [-0.2, 0) is 4.74 Å². The maximum atomic E-state index is 5.37. The average Bonchev–Trinajstić information content (AvgIpc) is 2.81. The topological polar surface area (TPSA) is 62.3 Å². The Kier molecular flexibility index (Phi) is 4.00. The summed E-state index contributed by atoms with van der Waals surface area (Å²) in [6.45, 7) is 8.19. The van der Waals surface area contributed by atoms with E-state index >= 15 is 0 Å². The van der Waals surface area contributed by atoms with Crippen LogP contribution in [0.4, 0.5) is 11.8 Å². The van der Waals surface area contributed by atoms with E-state index in [0.29, 0.717) is 5.95 Å². The van der Waals surface area contributed by atoms with Crippen LogP contribution in [0, 0.1) is 6.92 Å². The number of hydrogen-bond acceptors (Lipinski definition) is 7. The predicted molar refractivity (Wildman–Crippen MR) is 82.3 cm³/mol. The number of fused-ring (bicyclic) bond motifs is 1. The zero-order valence-corrected chi connectivity index (χ0v) is 12.6. The summed E-state index contributed by atoms with van der Waals surface area (Å²) >= 11 is 1.69. The monoisotopic (exact) mass is 293 g/mol. The third-order valence-corrected chi connectivity index (χ3v) is 4.07. The number of hydrogen-bond donors (Lipinski definition) is 2. The molecule has 0 unspecified atom stereocenters. The summed E-state index contributed by atoms with van der Waals surface area (Å²) in [5.74, 6) is 1.55. The smallest absolute Gasteiger partial charge is 0.226 e. The van der Waals surface area contributed by atoms with Crippen LogP contribution < -0.4 is 10.7 Å². The van der Waals surface area contributed by atoms with Crippen LogP contribution in [0.15, 0.2) is 6.07 Å². The highest BCUT2D eigenvalue weighted by Crippen LogP contribution is 2.29. The fraction of sp³-hybridized carbons (Fsp3) is 0.538. The maximum absolute atomic E-state index is 5.37. The van der Waals surface area contributed by atoms with Gasteiger partial charge in [0.25, 0.3) is 0 Å². The van der Waals surface area contributed by atoms with Gasteiger partial charge in [-0.05, 0) is 19.9 Å². The summed E-state index contributed by atoms with van der Waals surface area (Å²) in [5, 5.41) is 6.42. The second kappa shape index (κ2) is 5.90. The Balaban J connectivity index is 1.93. The van der Waals surface area contributed by atoms with Gasteiger partial charge >= 0.3 is 0 Å². The minimum atomic E-state index is 0.678. The Morgan fingerprint density at radius 3 is 2.90 bits per heavy atom. The second-order valence-electron chi connectivity index (χ2n) is 4.71. The van der Waals surface area contributed by atoms with E-state index in [9.17, 15) is 0 Å². The normalized spacial score (nSPS) is 16.5. The number of morpholine rings is 1. The molecule has 0 aromatic carbocycles. The molecule has 20 heavy (non-hydrogen) atoms. The number of nitrogens with zero attached hydrogens (tertiary/aromatic N) is 3. The molecule has 7 heteroatoms. The highest BCUT2D eigenvalue weighted by molar-refractivity contribution is 7.18. The van der Waals surface area contributed by atoms with Crippen molar-refractivity contribution in [1.82, 2.24) is 15.0 Å². The van der Waals surface area contributed by atoms with Crippen molar-refractivity contribution in [3.63, 3.8) is 0 Å². The van der Waals surface area contributed by atoms with E-state index in [1.165, 1.54) is 4.88 Å². The lowest BCUT2D eigenvalue weighted by molar-refractivity contribution is 0.0495.